The summed E-state index contributed by atoms with van der Waals surface area (Å²) in [5.41, 5.74) is 0.560. The van der Waals surface area contributed by atoms with Crippen molar-refractivity contribution in [2.45, 2.75) is 18.2 Å². The number of amides is 1. The van der Waals surface area contributed by atoms with Crippen LogP contribution in [0, 0.1) is 5.82 Å². The summed E-state index contributed by atoms with van der Waals surface area (Å²) in [6.07, 6.45) is 3.54. The van der Waals surface area contributed by atoms with Crippen LogP contribution in [0.3, 0.4) is 0 Å². The molecule has 25 heavy (non-hydrogen) atoms. The first-order valence-electron chi connectivity index (χ1n) is 7.49. The topological polar surface area (TPSA) is 84.3 Å². The molecule has 0 aliphatic carbocycles. The summed E-state index contributed by atoms with van der Waals surface area (Å²) in [7, 11) is -2.18. The first-order chi connectivity index (χ1) is 11.7. The fourth-order valence-electron chi connectivity index (χ4n) is 2.71. The van der Waals surface area contributed by atoms with Gasteiger partial charge in [0.15, 0.2) is 0 Å². The number of carbonyl (C=O) groups is 1. The summed E-state index contributed by atoms with van der Waals surface area (Å²) >= 11 is 5.78. The molecule has 10 heteroatoms. The number of anilines is 1. The van der Waals surface area contributed by atoms with Crippen LogP contribution in [0.15, 0.2) is 30.6 Å². The second-order valence-corrected chi connectivity index (χ2v) is 8.01. The van der Waals surface area contributed by atoms with Crippen molar-refractivity contribution in [3.8, 4) is 0 Å². The van der Waals surface area contributed by atoms with Gasteiger partial charge in [-0.15, -0.1) is 0 Å². The Morgan fingerprint density at radius 2 is 2.20 bits per heavy atom. The Hall–Kier alpha value is -1.97. The third-order valence-corrected chi connectivity index (χ3v) is 5.45. The number of hydrogen-bond donors (Lipinski definition) is 1. The van der Waals surface area contributed by atoms with Crippen molar-refractivity contribution in [3.05, 3.63) is 47.0 Å². The van der Waals surface area contributed by atoms with Crippen LogP contribution < -0.4 is 9.62 Å². The lowest BCUT2D eigenvalue weighted by Crippen LogP contribution is -2.42. The van der Waals surface area contributed by atoms with Crippen LogP contribution in [0.2, 0.25) is 5.02 Å². The Kier molecular flexibility index (Phi) is 4.81. The summed E-state index contributed by atoms with van der Waals surface area (Å²) in [6.45, 7) is 0.378. The van der Waals surface area contributed by atoms with Crippen molar-refractivity contribution in [2.75, 3.05) is 11.4 Å². The van der Waals surface area contributed by atoms with E-state index in [1.54, 1.807) is 17.9 Å². The third-order valence-electron chi connectivity index (χ3n) is 3.88. The van der Waals surface area contributed by atoms with Gasteiger partial charge < -0.3 is 4.90 Å². The van der Waals surface area contributed by atoms with Gasteiger partial charge in [0.25, 0.3) is 0 Å². The maximum absolute atomic E-state index is 13.7. The molecule has 1 aromatic heterocycles. The normalized spacial score (nSPS) is 18.1. The van der Waals surface area contributed by atoms with Crippen LogP contribution in [-0.2, 0) is 27.6 Å². The largest absolute Gasteiger partial charge is 0.308 e. The van der Waals surface area contributed by atoms with Crippen LogP contribution in [-0.4, -0.2) is 36.7 Å². The van der Waals surface area contributed by atoms with E-state index in [1.165, 1.54) is 23.2 Å². The van der Waals surface area contributed by atoms with E-state index in [1.807, 2.05) is 0 Å². The Labute approximate surface area is 149 Å². The lowest BCUT2D eigenvalue weighted by Gasteiger charge is -2.15. The van der Waals surface area contributed by atoms with E-state index in [2.05, 4.69) is 9.82 Å². The lowest BCUT2D eigenvalue weighted by atomic mass is 10.2. The first-order valence-corrected chi connectivity index (χ1v) is 9.52. The minimum absolute atomic E-state index is 0.0467. The number of rotatable bonds is 5. The monoisotopic (exact) mass is 386 g/mol. The molecule has 2 heterocycles. The maximum Gasteiger partial charge on any atom is 0.245 e. The minimum atomic E-state index is -3.91. The van der Waals surface area contributed by atoms with Crippen molar-refractivity contribution in [1.82, 2.24) is 14.5 Å². The number of nitrogens with zero attached hydrogens (tertiary/aromatic N) is 3. The average molecular weight is 387 g/mol. The molecule has 1 aromatic carbocycles. The molecule has 1 fully saturated rings. The molecular formula is C15H16ClFN4O3S. The highest BCUT2D eigenvalue weighted by atomic mass is 35.5. The summed E-state index contributed by atoms with van der Waals surface area (Å²) in [6, 6.07) is 2.83. The lowest BCUT2D eigenvalue weighted by molar-refractivity contribution is -0.118. The molecule has 0 bridgehead atoms. The number of hydrogen-bond acceptors (Lipinski definition) is 4. The van der Waals surface area contributed by atoms with E-state index in [0.717, 1.165) is 6.07 Å². The van der Waals surface area contributed by atoms with Crippen molar-refractivity contribution in [3.63, 3.8) is 0 Å². The molecule has 1 N–H and O–H groups in total. The van der Waals surface area contributed by atoms with E-state index in [9.17, 15) is 17.6 Å². The van der Waals surface area contributed by atoms with Gasteiger partial charge in [0, 0.05) is 30.4 Å². The van der Waals surface area contributed by atoms with Crippen molar-refractivity contribution >= 4 is 33.2 Å². The minimum Gasteiger partial charge on any atom is -0.308 e. The molecule has 134 valence electrons. The molecule has 3 rings (SSSR count). The smallest absolute Gasteiger partial charge is 0.245 e. The van der Waals surface area contributed by atoms with E-state index < -0.39 is 27.6 Å². The standard InChI is InChI=1S/C15H16ClFN4O3S/c1-20-8-12(7-18-20)21-5-4-14(15(21)22)19-25(23,24)9-10-6-11(16)2-3-13(10)17/h2-3,6-8,14,19H,4-5,9H2,1H3/t14-/m0/s1. The van der Waals surface area contributed by atoms with Crippen LogP contribution in [0.5, 0.6) is 0 Å². The highest BCUT2D eigenvalue weighted by Gasteiger charge is 2.35. The third kappa shape index (κ3) is 4.00. The van der Waals surface area contributed by atoms with Gasteiger partial charge in [0.2, 0.25) is 15.9 Å². The Morgan fingerprint density at radius 3 is 2.88 bits per heavy atom. The predicted octanol–water partition coefficient (Wildman–Crippen LogP) is 1.44. The summed E-state index contributed by atoms with van der Waals surface area (Å²) in [5, 5.41) is 4.24. The zero-order valence-corrected chi connectivity index (χ0v) is 14.9. The fourth-order valence-corrected chi connectivity index (χ4v) is 4.27. The van der Waals surface area contributed by atoms with E-state index in [-0.39, 0.29) is 16.5 Å². The van der Waals surface area contributed by atoms with Gasteiger partial charge in [-0.2, -0.15) is 5.10 Å². The Morgan fingerprint density at radius 1 is 1.44 bits per heavy atom. The van der Waals surface area contributed by atoms with E-state index in [0.29, 0.717) is 18.7 Å². The number of sulfonamides is 1. The van der Waals surface area contributed by atoms with Gasteiger partial charge in [-0.25, -0.2) is 17.5 Å². The number of aromatic nitrogens is 2. The SMILES string of the molecule is Cn1cc(N2CC[C@H](NS(=O)(=O)Cc3cc(Cl)ccc3F)C2=O)cn1. The van der Waals surface area contributed by atoms with Gasteiger partial charge in [-0.05, 0) is 24.6 Å². The number of aryl methyl sites for hydroxylation is 1. The van der Waals surface area contributed by atoms with Gasteiger partial charge in [-0.3, -0.25) is 9.48 Å². The van der Waals surface area contributed by atoms with Crippen molar-refractivity contribution < 1.29 is 17.6 Å². The molecule has 2 aromatic rings. The highest BCUT2D eigenvalue weighted by Crippen LogP contribution is 2.22. The second kappa shape index (κ2) is 6.74. The molecule has 1 aliphatic rings. The fraction of sp³-hybridized carbons (Fsp3) is 0.333. The van der Waals surface area contributed by atoms with Crippen molar-refractivity contribution in [2.24, 2.45) is 7.05 Å². The van der Waals surface area contributed by atoms with Crippen molar-refractivity contribution in [1.29, 1.82) is 0 Å². The molecular weight excluding hydrogens is 371 g/mol. The Balaban J connectivity index is 1.71. The molecule has 1 amide bonds. The second-order valence-electron chi connectivity index (χ2n) is 5.82. The summed E-state index contributed by atoms with van der Waals surface area (Å²) in [5.74, 6) is -1.61. The quantitative estimate of drug-likeness (QED) is 0.842. The van der Waals surface area contributed by atoms with Gasteiger partial charge in [0.05, 0.1) is 17.6 Å². The first kappa shape index (κ1) is 17.8. The predicted molar refractivity (Wildman–Crippen MR) is 91.1 cm³/mol. The van der Waals surface area contributed by atoms with Crippen LogP contribution in [0.1, 0.15) is 12.0 Å². The van der Waals surface area contributed by atoms with Gasteiger partial charge >= 0.3 is 0 Å². The molecule has 0 radical (unpaired) electrons. The van der Waals surface area contributed by atoms with E-state index >= 15 is 0 Å². The van der Waals surface area contributed by atoms with Crippen LogP contribution in [0.4, 0.5) is 10.1 Å². The number of carbonyl (C=O) groups excluding carboxylic acids is 1. The summed E-state index contributed by atoms with van der Waals surface area (Å²) in [4.78, 5) is 13.9. The number of halogens is 2. The number of nitrogens with one attached hydrogen (secondary N) is 1. The molecule has 1 aliphatic heterocycles. The number of benzene rings is 1. The average Bonchev–Trinajstić information content (AvgIpc) is 3.09. The zero-order valence-electron chi connectivity index (χ0n) is 13.3. The highest BCUT2D eigenvalue weighted by molar-refractivity contribution is 7.88. The molecule has 0 spiro atoms. The molecule has 0 saturated carbocycles. The zero-order chi connectivity index (χ0) is 18.2. The molecule has 1 atom stereocenters. The maximum atomic E-state index is 13.7. The van der Waals surface area contributed by atoms with Gasteiger partial charge in [-0.1, -0.05) is 11.6 Å². The Bertz CT molecular complexity index is 915. The van der Waals surface area contributed by atoms with Crippen LogP contribution in [0.25, 0.3) is 0 Å². The molecule has 1 saturated heterocycles. The molecule has 0 unspecified atom stereocenters. The summed E-state index contributed by atoms with van der Waals surface area (Å²) < 4.78 is 42.3. The molecule has 7 nitrogen and oxygen atoms in total. The van der Waals surface area contributed by atoms with Crippen LogP contribution >= 0.6 is 11.6 Å². The van der Waals surface area contributed by atoms with Gasteiger partial charge in [0.1, 0.15) is 11.9 Å². The van der Waals surface area contributed by atoms with E-state index in [4.69, 9.17) is 11.6 Å².